The molecule has 0 saturated carbocycles. The van der Waals surface area contributed by atoms with Crippen molar-refractivity contribution in [1.82, 2.24) is 9.21 Å². The highest BCUT2D eigenvalue weighted by atomic mass is 32.2. The highest BCUT2D eigenvalue weighted by molar-refractivity contribution is 7.88. The Labute approximate surface area is 131 Å². The van der Waals surface area contributed by atoms with Crippen molar-refractivity contribution in [3.63, 3.8) is 0 Å². The van der Waals surface area contributed by atoms with Crippen LogP contribution in [-0.2, 0) is 10.0 Å². The highest BCUT2D eigenvalue weighted by Crippen LogP contribution is 2.15. The zero-order valence-electron chi connectivity index (χ0n) is 13.0. The molecule has 1 aliphatic heterocycles. The number of ether oxygens (including phenoxy) is 1. The second kappa shape index (κ2) is 7.11. The molecule has 0 radical (unpaired) electrons. The first kappa shape index (κ1) is 16.8. The molecule has 1 aromatic rings. The molecule has 1 amide bonds. The summed E-state index contributed by atoms with van der Waals surface area (Å²) < 4.78 is 29.8. The molecule has 6 nitrogen and oxygen atoms in total. The number of carbonyl (C=O) groups excluding carboxylic acids is 1. The van der Waals surface area contributed by atoms with E-state index in [1.165, 1.54) is 10.6 Å². The van der Waals surface area contributed by atoms with Crippen molar-refractivity contribution < 1.29 is 17.9 Å². The fraction of sp³-hybridized carbons (Fsp3) is 0.533. The van der Waals surface area contributed by atoms with Gasteiger partial charge in [-0.25, -0.2) is 8.42 Å². The topological polar surface area (TPSA) is 66.9 Å². The van der Waals surface area contributed by atoms with Crippen molar-refractivity contribution in [1.29, 1.82) is 0 Å². The van der Waals surface area contributed by atoms with E-state index in [-0.39, 0.29) is 5.91 Å². The molecule has 0 spiro atoms. The van der Waals surface area contributed by atoms with E-state index in [0.717, 1.165) is 12.2 Å². The van der Waals surface area contributed by atoms with Gasteiger partial charge in [0.25, 0.3) is 5.91 Å². The molecule has 0 aromatic heterocycles. The van der Waals surface area contributed by atoms with E-state index >= 15 is 0 Å². The minimum atomic E-state index is -3.18. The fourth-order valence-corrected chi connectivity index (χ4v) is 3.15. The Balaban J connectivity index is 1.95. The van der Waals surface area contributed by atoms with Gasteiger partial charge in [-0.05, 0) is 30.7 Å². The smallest absolute Gasteiger partial charge is 0.253 e. The molecule has 1 fully saturated rings. The first-order valence-corrected chi connectivity index (χ1v) is 9.24. The van der Waals surface area contributed by atoms with Crippen molar-refractivity contribution in [2.75, 3.05) is 39.0 Å². The number of hydrogen-bond donors (Lipinski definition) is 0. The lowest BCUT2D eigenvalue weighted by molar-refractivity contribution is 0.0698. The summed E-state index contributed by atoms with van der Waals surface area (Å²) in [5.41, 5.74) is 0.594. The minimum absolute atomic E-state index is 0.0739. The predicted molar refractivity (Wildman–Crippen MR) is 84.5 cm³/mol. The van der Waals surface area contributed by atoms with Crippen LogP contribution in [-0.4, -0.2) is 62.6 Å². The van der Waals surface area contributed by atoms with Gasteiger partial charge in [-0.1, -0.05) is 6.92 Å². The second-order valence-corrected chi connectivity index (χ2v) is 7.31. The molecule has 1 heterocycles. The van der Waals surface area contributed by atoms with Gasteiger partial charge in [0.15, 0.2) is 0 Å². The van der Waals surface area contributed by atoms with Crippen LogP contribution in [0.15, 0.2) is 24.3 Å². The standard InChI is InChI=1S/C15H22N2O4S/c1-3-12-21-14-6-4-13(5-7-14)15(18)16-8-10-17(11-9-16)22(2,19)20/h4-7H,3,8-12H2,1-2H3. The van der Waals surface area contributed by atoms with Gasteiger partial charge < -0.3 is 9.64 Å². The summed E-state index contributed by atoms with van der Waals surface area (Å²) in [4.78, 5) is 14.1. The van der Waals surface area contributed by atoms with Gasteiger partial charge >= 0.3 is 0 Å². The Bertz CT molecular complexity index is 605. The molecular formula is C15H22N2O4S. The number of sulfonamides is 1. The Morgan fingerprint density at radius 3 is 2.23 bits per heavy atom. The van der Waals surface area contributed by atoms with Crippen molar-refractivity contribution >= 4 is 15.9 Å². The third-order valence-corrected chi connectivity index (χ3v) is 4.87. The van der Waals surface area contributed by atoms with E-state index in [4.69, 9.17) is 4.74 Å². The van der Waals surface area contributed by atoms with E-state index < -0.39 is 10.0 Å². The molecule has 0 unspecified atom stereocenters. The van der Waals surface area contributed by atoms with Crippen LogP contribution in [0.4, 0.5) is 0 Å². The van der Waals surface area contributed by atoms with Crippen LogP contribution in [0.2, 0.25) is 0 Å². The van der Waals surface area contributed by atoms with Gasteiger partial charge in [-0.2, -0.15) is 4.31 Å². The van der Waals surface area contributed by atoms with Crippen LogP contribution in [0.3, 0.4) is 0 Å². The number of amides is 1. The van der Waals surface area contributed by atoms with E-state index in [2.05, 4.69) is 0 Å². The summed E-state index contributed by atoms with van der Waals surface area (Å²) in [6, 6.07) is 7.07. The molecule has 122 valence electrons. The number of piperazine rings is 1. The molecule has 7 heteroatoms. The summed E-state index contributed by atoms with van der Waals surface area (Å²) in [5.74, 6) is 0.676. The molecule has 0 aliphatic carbocycles. The Kier molecular flexibility index (Phi) is 5.42. The van der Waals surface area contributed by atoms with Crippen LogP contribution in [0, 0.1) is 0 Å². The zero-order valence-corrected chi connectivity index (χ0v) is 13.8. The molecular weight excluding hydrogens is 304 g/mol. The van der Waals surface area contributed by atoms with E-state index in [1.807, 2.05) is 6.92 Å². The normalized spacial score (nSPS) is 16.5. The molecule has 1 saturated heterocycles. The van der Waals surface area contributed by atoms with Gasteiger partial charge in [0.1, 0.15) is 5.75 Å². The monoisotopic (exact) mass is 326 g/mol. The quantitative estimate of drug-likeness (QED) is 0.815. The summed E-state index contributed by atoms with van der Waals surface area (Å²) in [7, 11) is -3.18. The number of carbonyl (C=O) groups is 1. The van der Waals surface area contributed by atoms with Crippen LogP contribution in [0.1, 0.15) is 23.7 Å². The first-order chi connectivity index (χ1) is 10.4. The van der Waals surface area contributed by atoms with Crippen LogP contribution in [0.5, 0.6) is 5.75 Å². The fourth-order valence-electron chi connectivity index (χ4n) is 2.32. The van der Waals surface area contributed by atoms with Gasteiger partial charge in [0, 0.05) is 31.7 Å². The van der Waals surface area contributed by atoms with Gasteiger partial charge in [0.05, 0.1) is 12.9 Å². The van der Waals surface area contributed by atoms with Crippen molar-refractivity contribution in [2.45, 2.75) is 13.3 Å². The summed E-state index contributed by atoms with van der Waals surface area (Å²) in [6.45, 7) is 4.22. The van der Waals surface area contributed by atoms with E-state index in [1.54, 1.807) is 29.2 Å². The van der Waals surface area contributed by atoms with E-state index in [0.29, 0.717) is 38.3 Å². The van der Waals surface area contributed by atoms with Crippen molar-refractivity contribution in [3.8, 4) is 5.75 Å². The SMILES string of the molecule is CCCOc1ccc(C(=O)N2CCN(S(C)(=O)=O)CC2)cc1. The van der Waals surface area contributed by atoms with Crippen LogP contribution < -0.4 is 4.74 Å². The maximum Gasteiger partial charge on any atom is 0.253 e. The van der Waals surface area contributed by atoms with Gasteiger partial charge in [-0.3, -0.25) is 4.79 Å². The maximum absolute atomic E-state index is 12.4. The third-order valence-electron chi connectivity index (χ3n) is 3.57. The lowest BCUT2D eigenvalue weighted by Crippen LogP contribution is -2.50. The molecule has 1 aliphatic rings. The number of nitrogens with zero attached hydrogens (tertiary/aromatic N) is 2. The molecule has 2 rings (SSSR count). The molecule has 1 aromatic carbocycles. The summed E-state index contributed by atoms with van der Waals surface area (Å²) >= 11 is 0. The van der Waals surface area contributed by atoms with Crippen molar-refractivity contribution in [2.24, 2.45) is 0 Å². The summed E-state index contributed by atoms with van der Waals surface area (Å²) in [6.07, 6.45) is 2.13. The van der Waals surface area contributed by atoms with Gasteiger partial charge in [-0.15, -0.1) is 0 Å². The molecule has 22 heavy (non-hydrogen) atoms. The summed E-state index contributed by atoms with van der Waals surface area (Å²) in [5, 5.41) is 0. The maximum atomic E-state index is 12.4. The second-order valence-electron chi connectivity index (χ2n) is 5.33. The van der Waals surface area contributed by atoms with Crippen LogP contribution in [0.25, 0.3) is 0 Å². The number of benzene rings is 1. The zero-order chi connectivity index (χ0) is 16.2. The largest absolute Gasteiger partial charge is 0.494 e. The number of rotatable bonds is 5. The van der Waals surface area contributed by atoms with Crippen LogP contribution >= 0.6 is 0 Å². The lowest BCUT2D eigenvalue weighted by atomic mass is 10.2. The predicted octanol–water partition coefficient (Wildman–Crippen LogP) is 1.19. The third kappa shape index (κ3) is 4.20. The molecule has 0 bridgehead atoms. The average Bonchev–Trinajstić information content (AvgIpc) is 2.52. The lowest BCUT2D eigenvalue weighted by Gasteiger charge is -2.33. The molecule has 0 N–H and O–H groups in total. The Morgan fingerprint density at radius 2 is 1.73 bits per heavy atom. The Hall–Kier alpha value is -1.60. The average molecular weight is 326 g/mol. The van der Waals surface area contributed by atoms with Crippen molar-refractivity contribution in [3.05, 3.63) is 29.8 Å². The highest BCUT2D eigenvalue weighted by Gasteiger charge is 2.26. The number of hydrogen-bond acceptors (Lipinski definition) is 4. The van der Waals surface area contributed by atoms with Gasteiger partial charge in [0.2, 0.25) is 10.0 Å². The van der Waals surface area contributed by atoms with E-state index in [9.17, 15) is 13.2 Å². The first-order valence-electron chi connectivity index (χ1n) is 7.39. The Morgan fingerprint density at radius 1 is 1.14 bits per heavy atom. The minimum Gasteiger partial charge on any atom is -0.494 e. The molecule has 0 atom stereocenters.